The van der Waals surface area contributed by atoms with E-state index in [1.807, 2.05) is 30.3 Å². The number of aromatic nitrogens is 1. The number of rotatable bonds is 5. The number of hydrogen-bond donors (Lipinski definition) is 1. The molecule has 9 heteroatoms. The number of nitrogens with one attached hydrogen (secondary N) is 1. The summed E-state index contributed by atoms with van der Waals surface area (Å²) in [5, 5.41) is 4.42. The van der Waals surface area contributed by atoms with Gasteiger partial charge in [-0.25, -0.2) is 17.8 Å². The van der Waals surface area contributed by atoms with Crippen LogP contribution in [0.4, 0.5) is 10.1 Å². The quantitative estimate of drug-likeness (QED) is 0.619. The molecule has 1 N–H and O–H groups in total. The zero-order chi connectivity index (χ0) is 20.4. The van der Waals surface area contributed by atoms with E-state index in [0.29, 0.717) is 30.6 Å². The Bertz CT molecular complexity index is 1150. The molecule has 152 valence electrons. The zero-order valence-corrected chi connectivity index (χ0v) is 17.0. The molecule has 0 saturated carbocycles. The van der Waals surface area contributed by atoms with Crippen LogP contribution in [-0.2, 0) is 21.3 Å². The SMILES string of the molecule is O=S(=O)(c1cc(NCc2cc3ccccc3nc2Cl)ccc1F)N1CCOCC1. The zero-order valence-electron chi connectivity index (χ0n) is 15.4. The molecule has 0 bridgehead atoms. The summed E-state index contributed by atoms with van der Waals surface area (Å²) in [5.41, 5.74) is 2.02. The minimum absolute atomic E-state index is 0.206. The number of anilines is 1. The number of halogens is 2. The van der Waals surface area contributed by atoms with E-state index in [4.69, 9.17) is 16.3 Å². The molecule has 0 aliphatic carbocycles. The summed E-state index contributed by atoms with van der Waals surface area (Å²) in [7, 11) is -3.94. The first-order valence-electron chi connectivity index (χ1n) is 9.10. The lowest BCUT2D eigenvalue weighted by Crippen LogP contribution is -2.40. The van der Waals surface area contributed by atoms with Gasteiger partial charge in [0.2, 0.25) is 10.0 Å². The van der Waals surface area contributed by atoms with Crippen LogP contribution in [0.3, 0.4) is 0 Å². The van der Waals surface area contributed by atoms with Crippen molar-refractivity contribution in [3.8, 4) is 0 Å². The minimum Gasteiger partial charge on any atom is -0.381 e. The van der Waals surface area contributed by atoms with Gasteiger partial charge >= 0.3 is 0 Å². The number of nitrogens with zero attached hydrogens (tertiary/aromatic N) is 2. The van der Waals surface area contributed by atoms with E-state index < -0.39 is 15.8 Å². The molecule has 2 heterocycles. The van der Waals surface area contributed by atoms with E-state index in [-0.39, 0.29) is 18.0 Å². The molecular formula is C20H19ClFN3O3S. The summed E-state index contributed by atoms with van der Waals surface area (Å²) in [6, 6.07) is 13.5. The van der Waals surface area contributed by atoms with E-state index in [1.165, 1.54) is 16.4 Å². The van der Waals surface area contributed by atoms with Gasteiger partial charge in [0.1, 0.15) is 15.9 Å². The number of benzene rings is 2. The minimum atomic E-state index is -3.94. The molecule has 1 aliphatic rings. The molecule has 29 heavy (non-hydrogen) atoms. The monoisotopic (exact) mass is 435 g/mol. The van der Waals surface area contributed by atoms with Gasteiger partial charge in [-0.2, -0.15) is 4.31 Å². The third-order valence-corrected chi connectivity index (χ3v) is 6.99. The van der Waals surface area contributed by atoms with Crippen molar-refractivity contribution in [3.05, 3.63) is 65.1 Å². The van der Waals surface area contributed by atoms with Gasteiger partial charge in [0, 0.05) is 36.3 Å². The Hall–Kier alpha value is -2.26. The fourth-order valence-electron chi connectivity index (χ4n) is 3.19. The highest BCUT2D eigenvalue weighted by molar-refractivity contribution is 7.89. The summed E-state index contributed by atoms with van der Waals surface area (Å²) in [5.74, 6) is -0.785. The second kappa shape index (κ2) is 8.23. The molecule has 0 spiro atoms. The first-order chi connectivity index (χ1) is 13.9. The molecule has 1 fully saturated rings. The Morgan fingerprint density at radius 2 is 1.90 bits per heavy atom. The number of fused-ring (bicyclic) bond motifs is 1. The van der Waals surface area contributed by atoms with Gasteiger partial charge in [-0.05, 0) is 30.3 Å². The lowest BCUT2D eigenvalue weighted by atomic mass is 10.1. The number of morpholine rings is 1. The van der Waals surface area contributed by atoms with Crippen LogP contribution in [-0.4, -0.2) is 44.0 Å². The van der Waals surface area contributed by atoms with E-state index in [2.05, 4.69) is 10.3 Å². The topological polar surface area (TPSA) is 71.5 Å². The highest BCUT2D eigenvalue weighted by Gasteiger charge is 2.29. The molecule has 0 unspecified atom stereocenters. The third-order valence-electron chi connectivity index (χ3n) is 4.75. The predicted octanol–water partition coefficient (Wildman–Crippen LogP) is 3.66. The van der Waals surface area contributed by atoms with E-state index >= 15 is 0 Å². The van der Waals surface area contributed by atoms with Gasteiger partial charge in [0.25, 0.3) is 0 Å². The van der Waals surface area contributed by atoms with Crippen LogP contribution in [0.1, 0.15) is 5.56 Å². The summed E-state index contributed by atoms with van der Waals surface area (Å²) in [4.78, 5) is 4.02. The summed E-state index contributed by atoms with van der Waals surface area (Å²) >= 11 is 6.27. The van der Waals surface area contributed by atoms with Crippen LogP contribution in [0.2, 0.25) is 5.15 Å². The van der Waals surface area contributed by atoms with Crippen LogP contribution in [0, 0.1) is 5.82 Å². The molecule has 0 atom stereocenters. The van der Waals surface area contributed by atoms with Gasteiger partial charge < -0.3 is 10.1 Å². The predicted molar refractivity (Wildman–Crippen MR) is 110 cm³/mol. The molecule has 1 aromatic heterocycles. The maximum atomic E-state index is 14.3. The Labute approximate surface area is 173 Å². The van der Waals surface area contributed by atoms with Crippen molar-refractivity contribution in [1.82, 2.24) is 9.29 Å². The second-order valence-corrected chi connectivity index (χ2v) is 8.91. The Morgan fingerprint density at radius 1 is 1.14 bits per heavy atom. The average molecular weight is 436 g/mol. The Morgan fingerprint density at radius 3 is 2.69 bits per heavy atom. The lowest BCUT2D eigenvalue weighted by molar-refractivity contribution is 0.0729. The maximum absolute atomic E-state index is 14.3. The van der Waals surface area contributed by atoms with Crippen molar-refractivity contribution in [2.75, 3.05) is 31.6 Å². The molecular weight excluding hydrogens is 417 g/mol. The average Bonchev–Trinajstić information content (AvgIpc) is 2.73. The van der Waals surface area contributed by atoms with Crippen molar-refractivity contribution in [3.63, 3.8) is 0 Å². The van der Waals surface area contributed by atoms with Gasteiger partial charge in [-0.15, -0.1) is 0 Å². The fourth-order valence-corrected chi connectivity index (χ4v) is 4.91. The van der Waals surface area contributed by atoms with Crippen molar-refractivity contribution >= 4 is 38.2 Å². The van der Waals surface area contributed by atoms with Crippen molar-refractivity contribution in [2.45, 2.75) is 11.4 Å². The summed E-state index contributed by atoms with van der Waals surface area (Å²) < 4.78 is 46.4. The first kappa shape index (κ1) is 20.0. The number of pyridine rings is 1. The lowest BCUT2D eigenvalue weighted by Gasteiger charge is -2.26. The molecule has 1 aliphatic heterocycles. The van der Waals surface area contributed by atoms with E-state index in [9.17, 15) is 12.8 Å². The Kier molecular flexibility index (Phi) is 5.69. The highest BCUT2D eigenvalue weighted by Crippen LogP contribution is 2.25. The normalized spacial score (nSPS) is 15.5. The number of para-hydroxylation sites is 1. The molecule has 3 aromatic rings. The molecule has 0 amide bonds. The second-order valence-electron chi connectivity index (χ2n) is 6.65. The Balaban J connectivity index is 1.57. The maximum Gasteiger partial charge on any atom is 0.246 e. The third kappa shape index (κ3) is 4.20. The standard InChI is InChI=1S/C20H19ClFN3O3S/c21-20-15(11-14-3-1-2-4-18(14)24-20)13-23-16-5-6-17(22)19(12-16)29(26,27)25-7-9-28-10-8-25/h1-6,11-12,23H,7-10,13H2. The molecule has 0 radical (unpaired) electrons. The van der Waals surface area contributed by atoms with Gasteiger partial charge in [0.05, 0.1) is 18.7 Å². The van der Waals surface area contributed by atoms with Crippen LogP contribution in [0.15, 0.2) is 53.4 Å². The molecule has 2 aromatic carbocycles. The van der Waals surface area contributed by atoms with Gasteiger partial charge in [0.15, 0.2) is 0 Å². The number of ether oxygens (including phenoxy) is 1. The highest BCUT2D eigenvalue weighted by atomic mass is 35.5. The van der Waals surface area contributed by atoms with Crippen molar-refractivity contribution in [1.29, 1.82) is 0 Å². The molecule has 6 nitrogen and oxygen atoms in total. The van der Waals surface area contributed by atoms with E-state index in [1.54, 1.807) is 0 Å². The van der Waals surface area contributed by atoms with E-state index in [0.717, 1.165) is 22.5 Å². The smallest absolute Gasteiger partial charge is 0.246 e. The summed E-state index contributed by atoms with van der Waals surface area (Å²) in [6.45, 7) is 1.33. The first-order valence-corrected chi connectivity index (χ1v) is 10.9. The van der Waals surface area contributed by atoms with Crippen LogP contribution in [0.25, 0.3) is 10.9 Å². The van der Waals surface area contributed by atoms with Crippen LogP contribution in [0.5, 0.6) is 0 Å². The fraction of sp³-hybridized carbons (Fsp3) is 0.250. The van der Waals surface area contributed by atoms with Crippen LogP contribution >= 0.6 is 11.6 Å². The number of sulfonamides is 1. The molecule has 4 rings (SSSR count). The van der Waals surface area contributed by atoms with Gasteiger partial charge in [-0.1, -0.05) is 29.8 Å². The molecule has 1 saturated heterocycles. The summed E-state index contributed by atoms with van der Waals surface area (Å²) in [6.07, 6.45) is 0. The van der Waals surface area contributed by atoms with Crippen molar-refractivity contribution < 1.29 is 17.5 Å². The largest absolute Gasteiger partial charge is 0.381 e. The van der Waals surface area contributed by atoms with Gasteiger partial charge in [-0.3, -0.25) is 0 Å². The van der Waals surface area contributed by atoms with Crippen LogP contribution < -0.4 is 5.32 Å². The van der Waals surface area contributed by atoms with Crippen molar-refractivity contribution in [2.24, 2.45) is 0 Å². The number of hydrogen-bond acceptors (Lipinski definition) is 5.